The third kappa shape index (κ3) is 3.83. The number of aliphatic carboxylic acids is 1. The molecule has 0 spiro atoms. The molecule has 1 rings (SSSR count). The molecule has 2 N–H and O–H groups in total. The van der Waals surface area contributed by atoms with Gasteiger partial charge in [-0.3, -0.25) is 0 Å². The van der Waals surface area contributed by atoms with Gasteiger partial charge >= 0.3 is 11.9 Å². The van der Waals surface area contributed by atoms with Crippen LogP contribution in [0.3, 0.4) is 0 Å². The summed E-state index contributed by atoms with van der Waals surface area (Å²) in [5, 5.41) is 8.70. The molecule has 0 aliphatic rings. The van der Waals surface area contributed by atoms with Gasteiger partial charge in [-0.15, -0.1) is 0 Å². The van der Waals surface area contributed by atoms with Crippen LogP contribution in [0.25, 0.3) is 0 Å². The molecule has 20 heavy (non-hydrogen) atoms. The first kappa shape index (κ1) is 16.7. The minimum Gasteiger partial charge on any atom is -0.477 e. The molecule has 2 atom stereocenters. The number of nitrogens with one attached hydrogen (secondary N) is 1. The van der Waals surface area contributed by atoms with Crippen molar-refractivity contribution in [3.8, 4) is 0 Å². The van der Waals surface area contributed by atoms with Gasteiger partial charge in [-0.2, -0.15) is 8.78 Å². The van der Waals surface area contributed by atoms with E-state index >= 15 is 0 Å². The first-order chi connectivity index (χ1) is 9.06. The van der Waals surface area contributed by atoms with Gasteiger partial charge in [-0.25, -0.2) is 13.7 Å². The SMILES string of the molecule is CC(C)(C)S(=O)N[C@H](c1ccccc1)C(F)(F)C(=O)O. The second kappa shape index (κ2) is 5.97. The van der Waals surface area contributed by atoms with E-state index in [1.54, 1.807) is 26.8 Å². The van der Waals surface area contributed by atoms with E-state index in [2.05, 4.69) is 4.72 Å². The van der Waals surface area contributed by atoms with Gasteiger partial charge in [0, 0.05) is 0 Å². The molecule has 4 nitrogen and oxygen atoms in total. The fourth-order valence-corrected chi connectivity index (χ4v) is 2.26. The minimum absolute atomic E-state index is 0.0671. The highest BCUT2D eigenvalue weighted by molar-refractivity contribution is 7.84. The average molecular weight is 305 g/mol. The van der Waals surface area contributed by atoms with Crippen molar-refractivity contribution in [1.82, 2.24) is 4.72 Å². The van der Waals surface area contributed by atoms with Crippen molar-refractivity contribution in [3.63, 3.8) is 0 Å². The Morgan fingerprint density at radius 2 is 1.75 bits per heavy atom. The summed E-state index contributed by atoms with van der Waals surface area (Å²) < 4.78 is 41.1. The van der Waals surface area contributed by atoms with Crippen LogP contribution in [0, 0.1) is 0 Å². The zero-order valence-corrected chi connectivity index (χ0v) is 12.2. The Bertz CT molecular complexity index is 500. The van der Waals surface area contributed by atoms with Crippen molar-refractivity contribution in [3.05, 3.63) is 35.9 Å². The average Bonchev–Trinajstić information content (AvgIpc) is 2.35. The summed E-state index contributed by atoms with van der Waals surface area (Å²) in [7, 11) is -1.82. The first-order valence-electron chi connectivity index (χ1n) is 5.91. The molecule has 7 heteroatoms. The predicted octanol–water partition coefficient (Wildman–Crippen LogP) is 2.50. The lowest BCUT2D eigenvalue weighted by Gasteiger charge is -2.28. The zero-order chi connectivity index (χ0) is 15.6. The van der Waals surface area contributed by atoms with Crippen molar-refractivity contribution < 1.29 is 22.9 Å². The highest BCUT2D eigenvalue weighted by atomic mass is 32.2. The van der Waals surface area contributed by atoms with Gasteiger partial charge in [0.1, 0.15) is 6.04 Å². The van der Waals surface area contributed by atoms with Crippen LogP contribution in [0.5, 0.6) is 0 Å². The molecule has 0 heterocycles. The Hall–Kier alpha value is -1.34. The second-order valence-electron chi connectivity index (χ2n) is 5.27. The number of halogens is 2. The highest BCUT2D eigenvalue weighted by Crippen LogP contribution is 2.32. The van der Waals surface area contributed by atoms with Gasteiger partial charge < -0.3 is 5.11 Å². The molecule has 0 aliphatic carbocycles. The number of carbonyl (C=O) groups is 1. The Labute approximate surface area is 118 Å². The van der Waals surface area contributed by atoms with Crippen LogP contribution >= 0.6 is 0 Å². The number of benzene rings is 1. The van der Waals surface area contributed by atoms with Crippen molar-refractivity contribution in [2.24, 2.45) is 0 Å². The molecule has 0 saturated carbocycles. The predicted molar refractivity (Wildman–Crippen MR) is 72.8 cm³/mol. The van der Waals surface area contributed by atoms with Crippen molar-refractivity contribution in [1.29, 1.82) is 0 Å². The number of carboxylic acids is 1. The number of carboxylic acid groups (broad SMARTS) is 1. The van der Waals surface area contributed by atoms with Gasteiger partial charge in [0.2, 0.25) is 0 Å². The van der Waals surface area contributed by atoms with Gasteiger partial charge in [0.25, 0.3) is 0 Å². The minimum atomic E-state index is -4.07. The zero-order valence-electron chi connectivity index (χ0n) is 11.4. The molecule has 0 saturated heterocycles. The summed E-state index contributed by atoms with van der Waals surface area (Å²) in [6, 6.07) is 5.54. The van der Waals surface area contributed by atoms with Gasteiger partial charge in [-0.1, -0.05) is 30.3 Å². The quantitative estimate of drug-likeness (QED) is 0.878. The molecule has 112 valence electrons. The summed E-state index contributed by atoms with van der Waals surface area (Å²) in [5.74, 6) is -6.33. The summed E-state index contributed by atoms with van der Waals surface area (Å²) >= 11 is 0. The standard InChI is InChI=1S/C13H17F2NO3S/c1-12(2,3)20(19)16-10(13(14,15)11(17)18)9-7-5-4-6-8-9/h4-8,10,16H,1-3H3,(H,17,18)/t10-,20?/m1/s1. The smallest absolute Gasteiger partial charge is 0.376 e. The van der Waals surface area contributed by atoms with E-state index in [1.807, 2.05) is 0 Å². The van der Waals surface area contributed by atoms with Crippen LogP contribution in [-0.4, -0.2) is 26.0 Å². The summed E-state index contributed by atoms with van der Waals surface area (Å²) in [5.41, 5.74) is 0.0671. The number of hydrogen-bond donors (Lipinski definition) is 2. The second-order valence-corrected chi connectivity index (χ2v) is 7.27. The maximum Gasteiger partial charge on any atom is 0.376 e. The summed E-state index contributed by atoms with van der Waals surface area (Å²) in [4.78, 5) is 10.8. The van der Waals surface area contributed by atoms with E-state index in [-0.39, 0.29) is 5.56 Å². The van der Waals surface area contributed by atoms with E-state index in [9.17, 15) is 17.8 Å². The fourth-order valence-electron chi connectivity index (χ4n) is 1.40. The van der Waals surface area contributed by atoms with Crippen molar-refractivity contribution in [2.45, 2.75) is 37.5 Å². The highest BCUT2D eigenvalue weighted by Gasteiger charge is 2.49. The third-order valence-corrected chi connectivity index (χ3v) is 4.12. The molecule has 0 bridgehead atoms. The largest absolute Gasteiger partial charge is 0.477 e. The molecular formula is C13H17F2NO3S. The molecule has 0 aromatic heterocycles. The van der Waals surface area contributed by atoms with Crippen molar-refractivity contribution in [2.75, 3.05) is 0 Å². The Morgan fingerprint density at radius 3 is 2.15 bits per heavy atom. The van der Waals surface area contributed by atoms with Gasteiger partial charge in [-0.05, 0) is 26.3 Å². The van der Waals surface area contributed by atoms with Crippen LogP contribution in [0.2, 0.25) is 0 Å². The van der Waals surface area contributed by atoms with Crippen molar-refractivity contribution >= 4 is 17.0 Å². The van der Waals surface area contributed by atoms with E-state index < -0.39 is 33.7 Å². The van der Waals surface area contributed by atoms with Gasteiger partial charge in [0.05, 0.1) is 15.7 Å². The van der Waals surface area contributed by atoms with Crippen LogP contribution in [0.4, 0.5) is 8.78 Å². The molecule has 0 aliphatic heterocycles. The monoisotopic (exact) mass is 305 g/mol. The fraction of sp³-hybridized carbons (Fsp3) is 0.462. The van der Waals surface area contributed by atoms with E-state index in [0.29, 0.717) is 0 Å². The van der Waals surface area contributed by atoms with Gasteiger partial charge in [0.15, 0.2) is 0 Å². The Kier molecular flexibility index (Phi) is 4.99. The maximum atomic E-state index is 13.8. The molecule has 0 radical (unpaired) electrons. The van der Waals surface area contributed by atoms with Crippen LogP contribution in [-0.2, 0) is 15.8 Å². The number of hydrogen-bond acceptors (Lipinski definition) is 2. The van der Waals surface area contributed by atoms with E-state index in [4.69, 9.17) is 5.11 Å². The first-order valence-corrected chi connectivity index (χ1v) is 7.06. The Morgan fingerprint density at radius 1 is 1.25 bits per heavy atom. The number of alkyl halides is 2. The van der Waals surface area contributed by atoms with E-state index in [1.165, 1.54) is 24.3 Å². The Balaban J connectivity index is 3.17. The van der Waals surface area contributed by atoms with E-state index in [0.717, 1.165) is 0 Å². The molecule has 1 aromatic carbocycles. The topological polar surface area (TPSA) is 66.4 Å². The normalized spacial score (nSPS) is 15.7. The summed E-state index contributed by atoms with van der Waals surface area (Å²) in [6.45, 7) is 4.82. The molecule has 1 aromatic rings. The number of rotatable bonds is 5. The summed E-state index contributed by atoms with van der Waals surface area (Å²) in [6.07, 6.45) is 0. The lowest BCUT2D eigenvalue weighted by atomic mass is 10.0. The lowest BCUT2D eigenvalue weighted by molar-refractivity contribution is -0.168. The maximum absolute atomic E-state index is 13.8. The van der Waals surface area contributed by atoms with Crippen LogP contribution in [0.15, 0.2) is 30.3 Å². The van der Waals surface area contributed by atoms with Crippen LogP contribution < -0.4 is 4.72 Å². The van der Waals surface area contributed by atoms with Crippen LogP contribution in [0.1, 0.15) is 32.4 Å². The third-order valence-electron chi connectivity index (χ3n) is 2.56. The molecule has 0 fully saturated rings. The lowest BCUT2D eigenvalue weighted by Crippen LogP contribution is -2.47. The molecular weight excluding hydrogens is 288 g/mol. The molecule has 1 unspecified atom stereocenters. The molecule has 0 amide bonds.